The van der Waals surface area contributed by atoms with Crippen molar-refractivity contribution in [3.8, 4) is 0 Å². The molecule has 2 aliphatic rings. The molecule has 2 saturated carbocycles. The maximum Gasteiger partial charge on any atom is -0.0357 e. The highest BCUT2D eigenvalue weighted by Gasteiger charge is 2.43. The van der Waals surface area contributed by atoms with Crippen LogP contribution >= 0.6 is 0 Å². The maximum atomic E-state index is 2.44. The lowest BCUT2D eigenvalue weighted by atomic mass is 9.73. The van der Waals surface area contributed by atoms with Crippen molar-refractivity contribution in [2.24, 2.45) is 23.7 Å². The lowest BCUT2D eigenvalue weighted by Crippen LogP contribution is -2.23. The van der Waals surface area contributed by atoms with E-state index in [-0.39, 0.29) is 0 Å². The molecule has 0 aromatic rings. The lowest BCUT2D eigenvalue weighted by Gasteiger charge is -2.32. The Hall–Kier alpha value is 0. The summed E-state index contributed by atoms with van der Waals surface area (Å²) >= 11 is 0. The molecule has 52 valence electrons. The molecule has 0 nitrogen and oxygen atoms in total. The summed E-state index contributed by atoms with van der Waals surface area (Å²) in [5, 5.41) is 0. The maximum absolute atomic E-state index is 2.44. The molecule has 0 heterocycles. The van der Waals surface area contributed by atoms with Crippen LogP contribution in [0.4, 0.5) is 0 Å². The van der Waals surface area contributed by atoms with Crippen molar-refractivity contribution in [3.05, 3.63) is 0 Å². The van der Waals surface area contributed by atoms with Gasteiger partial charge in [-0.2, -0.15) is 0 Å². The monoisotopic (exact) mass is 124 g/mol. The van der Waals surface area contributed by atoms with Gasteiger partial charge in [0.2, 0.25) is 0 Å². The van der Waals surface area contributed by atoms with Crippen molar-refractivity contribution in [3.63, 3.8) is 0 Å². The minimum atomic E-state index is 1.03. The lowest BCUT2D eigenvalue weighted by molar-refractivity contribution is 0.176. The molecule has 0 spiro atoms. The van der Waals surface area contributed by atoms with Crippen molar-refractivity contribution >= 4 is 0 Å². The number of hydrogen-bond donors (Lipinski definition) is 0. The van der Waals surface area contributed by atoms with E-state index in [1.54, 1.807) is 6.42 Å². The molecule has 4 atom stereocenters. The average molecular weight is 124 g/mol. The van der Waals surface area contributed by atoms with Gasteiger partial charge in [-0.3, -0.25) is 0 Å². The summed E-state index contributed by atoms with van der Waals surface area (Å²) in [5.41, 5.74) is 0. The van der Waals surface area contributed by atoms with Crippen LogP contribution in [0.15, 0.2) is 0 Å². The van der Waals surface area contributed by atoms with E-state index < -0.39 is 0 Å². The zero-order valence-corrected chi connectivity index (χ0v) is 6.43. The van der Waals surface area contributed by atoms with Crippen molar-refractivity contribution in [1.29, 1.82) is 0 Å². The molecular formula is C9H16. The topological polar surface area (TPSA) is 0 Å². The van der Waals surface area contributed by atoms with E-state index in [9.17, 15) is 0 Å². The Morgan fingerprint density at radius 2 is 1.89 bits per heavy atom. The second-order valence-electron chi connectivity index (χ2n) is 4.07. The van der Waals surface area contributed by atoms with Gasteiger partial charge in [-0.05, 0) is 42.9 Å². The minimum Gasteiger partial charge on any atom is -0.0622 e. The normalized spacial score (nSPS) is 56.7. The van der Waals surface area contributed by atoms with Crippen LogP contribution in [-0.2, 0) is 0 Å². The molecule has 2 aliphatic carbocycles. The van der Waals surface area contributed by atoms with E-state index in [4.69, 9.17) is 0 Å². The highest BCUT2D eigenvalue weighted by atomic mass is 14.5. The molecule has 0 bridgehead atoms. The highest BCUT2D eigenvalue weighted by Crippen LogP contribution is 2.52. The zero-order chi connectivity index (χ0) is 6.43. The molecular weight excluding hydrogens is 108 g/mol. The third kappa shape index (κ3) is 0.653. The summed E-state index contributed by atoms with van der Waals surface area (Å²) in [4.78, 5) is 0. The molecule has 2 fully saturated rings. The SMILES string of the molecule is CC1C[C@H]2CCC2C1C. The van der Waals surface area contributed by atoms with E-state index in [1.807, 2.05) is 0 Å². The van der Waals surface area contributed by atoms with Crippen LogP contribution in [0.5, 0.6) is 0 Å². The number of fused-ring (bicyclic) bond motifs is 1. The van der Waals surface area contributed by atoms with Gasteiger partial charge in [0.1, 0.15) is 0 Å². The zero-order valence-electron chi connectivity index (χ0n) is 6.43. The first-order valence-corrected chi connectivity index (χ1v) is 4.29. The predicted octanol–water partition coefficient (Wildman–Crippen LogP) is 2.69. The minimum absolute atomic E-state index is 1.03. The number of hydrogen-bond acceptors (Lipinski definition) is 0. The Kier molecular flexibility index (Phi) is 1.12. The van der Waals surface area contributed by atoms with Crippen LogP contribution in [0, 0.1) is 23.7 Å². The van der Waals surface area contributed by atoms with Crippen molar-refractivity contribution in [1.82, 2.24) is 0 Å². The largest absolute Gasteiger partial charge is 0.0622 e. The van der Waals surface area contributed by atoms with E-state index in [1.165, 1.54) is 12.8 Å². The van der Waals surface area contributed by atoms with Gasteiger partial charge in [0.15, 0.2) is 0 Å². The molecule has 0 aromatic heterocycles. The summed E-state index contributed by atoms with van der Waals surface area (Å²) in [6.07, 6.45) is 4.61. The van der Waals surface area contributed by atoms with Gasteiger partial charge in [-0.25, -0.2) is 0 Å². The average Bonchev–Trinajstić information content (AvgIpc) is 1.92. The first-order valence-electron chi connectivity index (χ1n) is 4.29. The molecule has 0 aromatic carbocycles. The van der Waals surface area contributed by atoms with Gasteiger partial charge >= 0.3 is 0 Å². The Labute approximate surface area is 57.6 Å². The third-order valence-corrected chi connectivity index (χ3v) is 3.72. The summed E-state index contributed by atoms with van der Waals surface area (Å²) in [6, 6.07) is 0. The van der Waals surface area contributed by atoms with Crippen LogP contribution in [0.3, 0.4) is 0 Å². The fourth-order valence-corrected chi connectivity index (χ4v) is 2.69. The Bertz CT molecular complexity index is 113. The van der Waals surface area contributed by atoms with Gasteiger partial charge in [-0.15, -0.1) is 0 Å². The fourth-order valence-electron chi connectivity index (χ4n) is 2.69. The predicted molar refractivity (Wildman–Crippen MR) is 39.2 cm³/mol. The summed E-state index contributed by atoms with van der Waals surface area (Å²) in [6.45, 7) is 4.86. The van der Waals surface area contributed by atoms with Gasteiger partial charge in [0.25, 0.3) is 0 Å². The van der Waals surface area contributed by atoms with Crippen LogP contribution in [-0.4, -0.2) is 0 Å². The molecule has 3 unspecified atom stereocenters. The second-order valence-corrected chi connectivity index (χ2v) is 4.07. The molecule has 0 amide bonds. The quantitative estimate of drug-likeness (QED) is 0.465. The Balaban J connectivity index is 2.07. The summed E-state index contributed by atoms with van der Waals surface area (Å²) < 4.78 is 0. The fraction of sp³-hybridized carbons (Fsp3) is 1.00. The van der Waals surface area contributed by atoms with Gasteiger partial charge < -0.3 is 0 Å². The number of rotatable bonds is 0. The van der Waals surface area contributed by atoms with Gasteiger partial charge in [-0.1, -0.05) is 13.8 Å². The molecule has 0 N–H and O–H groups in total. The van der Waals surface area contributed by atoms with Gasteiger partial charge in [0, 0.05) is 0 Å². The van der Waals surface area contributed by atoms with Crippen LogP contribution in [0.2, 0.25) is 0 Å². The Morgan fingerprint density at radius 1 is 1.11 bits per heavy atom. The third-order valence-electron chi connectivity index (χ3n) is 3.72. The molecule has 0 aliphatic heterocycles. The van der Waals surface area contributed by atoms with E-state index >= 15 is 0 Å². The second kappa shape index (κ2) is 1.74. The molecule has 2 rings (SSSR count). The van der Waals surface area contributed by atoms with Crippen molar-refractivity contribution in [2.75, 3.05) is 0 Å². The van der Waals surface area contributed by atoms with Crippen LogP contribution in [0.25, 0.3) is 0 Å². The summed E-state index contributed by atoms with van der Waals surface area (Å²) in [5.74, 6) is 4.36. The van der Waals surface area contributed by atoms with Gasteiger partial charge in [0.05, 0.1) is 0 Å². The Morgan fingerprint density at radius 3 is 2.11 bits per heavy atom. The molecule has 0 heteroatoms. The first-order chi connectivity index (χ1) is 4.29. The molecule has 0 saturated heterocycles. The van der Waals surface area contributed by atoms with Crippen molar-refractivity contribution in [2.45, 2.75) is 33.1 Å². The standard InChI is InChI=1S/C9H16/c1-6-5-8-3-4-9(8)7(6)2/h6-9H,3-5H2,1-2H3/t6?,7?,8-,9?/m1/s1. The smallest absolute Gasteiger partial charge is 0.0357 e. The molecule has 0 radical (unpaired) electrons. The summed E-state index contributed by atoms with van der Waals surface area (Å²) in [7, 11) is 0. The van der Waals surface area contributed by atoms with E-state index in [0.717, 1.165) is 23.7 Å². The van der Waals surface area contributed by atoms with Crippen LogP contribution < -0.4 is 0 Å². The van der Waals surface area contributed by atoms with E-state index in [2.05, 4.69) is 13.8 Å². The van der Waals surface area contributed by atoms with E-state index in [0.29, 0.717) is 0 Å². The molecule has 9 heavy (non-hydrogen) atoms. The van der Waals surface area contributed by atoms with Crippen LogP contribution in [0.1, 0.15) is 33.1 Å². The highest BCUT2D eigenvalue weighted by molar-refractivity contribution is 4.93. The van der Waals surface area contributed by atoms with Crippen molar-refractivity contribution < 1.29 is 0 Å². The first kappa shape index (κ1) is 5.76.